The van der Waals surface area contributed by atoms with Crippen LogP contribution in [-0.2, 0) is 11.2 Å². The van der Waals surface area contributed by atoms with Crippen molar-refractivity contribution in [2.75, 3.05) is 20.3 Å². The molecule has 4 rings (SSSR count). The number of benzene rings is 2. The molecule has 3 N–H and O–H groups in total. The fourth-order valence-electron chi connectivity index (χ4n) is 4.14. The summed E-state index contributed by atoms with van der Waals surface area (Å²) in [6.45, 7) is 2.82. The van der Waals surface area contributed by atoms with Gasteiger partial charge in [-0.1, -0.05) is 30.3 Å². The number of fused-ring (bicyclic) bond motifs is 3. The maximum atomic E-state index is 12.1. The summed E-state index contributed by atoms with van der Waals surface area (Å²) in [4.78, 5) is 25.1. The summed E-state index contributed by atoms with van der Waals surface area (Å²) in [5, 5.41) is 10.4. The Morgan fingerprint density at radius 2 is 1.91 bits per heavy atom. The second kappa shape index (κ2) is 9.84. The van der Waals surface area contributed by atoms with Crippen LogP contribution in [0, 0.1) is 0 Å². The van der Waals surface area contributed by atoms with Crippen molar-refractivity contribution in [3.05, 3.63) is 83.6 Å². The van der Waals surface area contributed by atoms with Crippen molar-refractivity contribution >= 4 is 28.4 Å². The van der Waals surface area contributed by atoms with E-state index in [1.165, 1.54) is 7.05 Å². The lowest BCUT2D eigenvalue weighted by Gasteiger charge is -2.26. The lowest BCUT2D eigenvalue weighted by molar-refractivity contribution is -0.0383. The number of rotatable bonds is 9. The number of carbonyl (C=O) groups excluding carboxylic acids is 1. The molecule has 0 saturated carbocycles. The van der Waals surface area contributed by atoms with Crippen LogP contribution in [0.5, 0.6) is 5.75 Å². The van der Waals surface area contributed by atoms with Crippen LogP contribution in [0.25, 0.3) is 16.4 Å². The van der Waals surface area contributed by atoms with Crippen LogP contribution in [0.4, 0.5) is 4.79 Å². The molecule has 4 aromatic rings. The van der Waals surface area contributed by atoms with Gasteiger partial charge in [0, 0.05) is 24.2 Å². The number of hydrogen-bond donors (Lipinski definition) is 2. The number of amides is 2. The lowest BCUT2D eigenvalue weighted by Crippen LogP contribution is -2.32. The zero-order valence-corrected chi connectivity index (χ0v) is 19.1. The van der Waals surface area contributed by atoms with Gasteiger partial charge < -0.3 is 24.7 Å². The van der Waals surface area contributed by atoms with Crippen LogP contribution in [0.1, 0.15) is 34.6 Å². The van der Waals surface area contributed by atoms with Crippen molar-refractivity contribution in [2.45, 2.75) is 19.6 Å². The monoisotopic (exact) mass is 461 g/mol. The molecule has 0 aliphatic heterocycles. The number of carbonyl (C=O) groups is 2. The van der Waals surface area contributed by atoms with Crippen LogP contribution < -0.4 is 10.5 Å². The zero-order chi connectivity index (χ0) is 24.2. The average Bonchev–Trinajstić information content (AvgIpc) is 3.16. The molecular weight excluding hydrogens is 434 g/mol. The highest BCUT2D eigenvalue weighted by molar-refractivity contribution is 6.13. The van der Waals surface area contributed by atoms with Gasteiger partial charge in [0.25, 0.3) is 5.91 Å². The van der Waals surface area contributed by atoms with Crippen molar-refractivity contribution in [3.8, 4) is 5.75 Å². The molecule has 8 heteroatoms. The average molecular weight is 462 g/mol. The number of primary amides is 1. The van der Waals surface area contributed by atoms with E-state index in [0.29, 0.717) is 41.7 Å². The van der Waals surface area contributed by atoms with E-state index >= 15 is 0 Å². The third-order valence-electron chi connectivity index (χ3n) is 5.73. The number of hydrogen-bond acceptors (Lipinski definition) is 4. The first-order chi connectivity index (χ1) is 16.4. The van der Waals surface area contributed by atoms with Gasteiger partial charge in [-0.25, -0.2) is 4.79 Å². The van der Waals surface area contributed by atoms with Crippen molar-refractivity contribution in [2.24, 2.45) is 5.73 Å². The summed E-state index contributed by atoms with van der Waals surface area (Å²) in [7, 11) is 1.47. The van der Waals surface area contributed by atoms with Gasteiger partial charge in [0.05, 0.1) is 29.8 Å². The van der Waals surface area contributed by atoms with Crippen LogP contribution in [0.2, 0.25) is 0 Å². The number of carboxylic acid groups (broad SMARTS) is 1. The van der Waals surface area contributed by atoms with Gasteiger partial charge in [-0.3, -0.25) is 9.69 Å². The van der Waals surface area contributed by atoms with Crippen LogP contribution in [0.15, 0.2) is 66.9 Å². The molecule has 34 heavy (non-hydrogen) atoms. The molecule has 0 bridgehead atoms. The number of nitrogens with two attached hydrogens (primary N) is 1. The highest BCUT2D eigenvalue weighted by atomic mass is 16.5. The molecule has 2 amide bonds. The molecule has 0 saturated heterocycles. The molecule has 2 aromatic heterocycles. The fourth-order valence-corrected chi connectivity index (χ4v) is 4.14. The standard InChI is InChI=1S/C26H27N3O5/c1-3-33-19-8-6-7-17(15-19)12-14-34-25(28(2)26(31)32)18-10-11-20-22(16-18)29-13-5-4-9-21(29)23(20)24(27)30/h4-11,13,15-16,25H,3,12,14H2,1-2H3,(H2,27,30)(H,31,32). The van der Waals surface area contributed by atoms with Crippen molar-refractivity contribution in [1.29, 1.82) is 0 Å². The number of pyridine rings is 1. The predicted molar refractivity (Wildman–Crippen MR) is 129 cm³/mol. The zero-order valence-electron chi connectivity index (χ0n) is 19.1. The molecular formula is C26H27N3O5. The Labute approximate surface area is 197 Å². The first kappa shape index (κ1) is 23.1. The Hall–Kier alpha value is -4.04. The molecule has 8 nitrogen and oxygen atoms in total. The van der Waals surface area contributed by atoms with Crippen molar-refractivity contribution in [1.82, 2.24) is 9.30 Å². The summed E-state index contributed by atoms with van der Waals surface area (Å²) in [5.41, 5.74) is 9.21. The van der Waals surface area contributed by atoms with Gasteiger partial charge in [-0.2, -0.15) is 0 Å². The first-order valence-corrected chi connectivity index (χ1v) is 11.0. The van der Waals surface area contributed by atoms with Gasteiger partial charge in [-0.05, 0) is 49.2 Å². The number of ether oxygens (including phenoxy) is 2. The Balaban J connectivity index is 1.65. The third kappa shape index (κ3) is 4.53. The Morgan fingerprint density at radius 1 is 1.09 bits per heavy atom. The minimum atomic E-state index is -1.11. The van der Waals surface area contributed by atoms with Gasteiger partial charge in [0.2, 0.25) is 0 Å². The van der Waals surface area contributed by atoms with E-state index in [1.54, 1.807) is 12.1 Å². The second-order valence-corrected chi connectivity index (χ2v) is 7.92. The molecule has 0 aliphatic carbocycles. The summed E-state index contributed by atoms with van der Waals surface area (Å²) >= 11 is 0. The van der Waals surface area contributed by atoms with E-state index in [0.717, 1.165) is 21.7 Å². The van der Waals surface area contributed by atoms with Crippen LogP contribution in [-0.4, -0.2) is 46.7 Å². The number of aromatic nitrogens is 1. The fraction of sp³-hybridized carbons (Fsp3) is 0.231. The van der Waals surface area contributed by atoms with E-state index in [1.807, 2.05) is 66.1 Å². The topological polar surface area (TPSA) is 107 Å². The predicted octanol–water partition coefficient (Wildman–Crippen LogP) is 4.46. The van der Waals surface area contributed by atoms with E-state index in [-0.39, 0.29) is 0 Å². The SMILES string of the molecule is CCOc1cccc(CCOC(c2ccc3c(C(N)=O)c4ccccn4c3c2)N(C)C(=O)O)c1. The second-order valence-electron chi connectivity index (χ2n) is 7.92. The van der Waals surface area contributed by atoms with Gasteiger partial charge in [-0.15, -0.1) is 0 Å². The summed E-state index contributed by atoms with van der Waals surface area (Å²) in [6.07, 6.45) is 0.493. The minimum absolute atomic E-state index is 0.303. The van der Waals surface area contributed by atoms with E-state index in [2.05, 4.69) is 0 Å². The van der Waals surface area contributed by atoms with E-state index in [4.69, 9.17) is 15.2 Å². The van der Waals surface area contributed by atoms with E-state index in [9.17, 15) is 14.7 Å². The molecule has 176 valence electrons. The number of nitrogens with zero attached hydrogens (tertiary/aromatic N) is 2. The molecule has 0 radical (unpaired) electrons. The molecule has 2 aromatic carbocycles. The Morgan fingerprint density at radius 3 is 2.65 bits per heavy atom. The van der Waals surface area contributed by atoms with Gasteiger partial charge in [0.1, 0.15) is 5.75 Å². The molecule has 1 atom stereocenters. The lowest BCUT2D eigenvalue weighted by atomic mass is 10.1. The minimum Gasteiger partial charge on any atom is -0.494 e. The quantitative estimate of drug-likeness (QED) is 0.358. The molecule has 0 aliphatic rings. The first-order valence-electron chi connectivity index (χ1n) is 11.0. The third-order valence-corrected chi connectivity index (χ3v) is 5.73. The molecule has 0 spiro atoms. The largest absolute Gasteiger partial charge is 0.494 e. The normalized spacial score (nSPS) is 12.1. The van der Waals surface area contributed by atoms with Gasteiger partial charge in [0.15, 0.2) is 6.23 Å². The maximum Gasteiger partial charge on any atom is 0.409 e. The maximum absolute atomic E-state index is 12.1. The highest BCUT2D eigenvalue weighted by Gasteiger charge is 2.24. The molecule has 0 fully saturated rings. The summed E-state index contributed by atoms with van der Waals surface area (Å²) in [5.74, 6) is 0.270. The summed E-state index contributed by atoms with van der Waals surface area (Å²) in [6, 6.07) is 18.7. The molecule has 2 heterocycles. The van der Waals surface area contributed by atoms with E-state index < -0.39 is 18.2 Å². The highest BCUT2D eigenvalue weighted by Crippen LogP contribution is 2.31. The Kier molecular flexibility index (Phi) is 6.70. The van der Waals surface area contributed by atoms with Crippen molar-refractivity contribution < 1.29 is 24.2 Å². The van der Waals surface area contributed by atoms with Gasteiger partial charge >= 0.3 is 6.09 Å². The summed E-state index contributed by atoms with van der Waals surface area (Å²) < 4.78 is 13.5. The Bertz CT molecular complexity index is 1350. The smallest absolute Gasteiger partial charge is 0.409 e. The van der Waals surface area contributed by atoms with Crippen LogP contribution in [0.3, 0.4) is 0 Å². The molecule has 1 unspecified atom stereocenters. The van der Waals surface area contributed by atoms with Crippen molar-refractivity contribution in [3.63, 3.8) is 0 Å². The van der Waals surface area contributed by atoms with Crippen LogP contribution >= 0.6 is 0 Å².